The summed E-state index contributed by atoms with van der Waals surface area (Å²) in [5, 5.41) is 14.7. The lowest BCUT2D eigenvalue weighted by Gasteiger charge is -2.17. The number of nitrogens with two attached hydrogens (primary N) is 1. The summed E-state index contributed by atoms with van der Waals surface area (Å²) in [6.45, 7) is -0.177. The number of nitrogens with one attached hydrogen (secondary N) is 2. The van der Waals surface area contributed by atoms with Gasteiger partial charge in [-0.15, -0.1) is 0 Å². The molecule has 2 rings (SSSR count). The highest BCUT2D eigenvalue weighted by Crippen LogP contribution is 2.10. The Morgan fingerprint density at radius 1 is 1.09 bits per heavy atom. The van der Waals surface area contributed by atoms with Crippen LogP contribution in [0, 0.1) is 0 Å². The Labute approximate surface area is 134 Å². The fraction of sp³-hybridized carbons (Fsp3) is 0.176. The van der Waals surface area contributed by atoms with Crippen molar-refractivity contribution in [2.75, 3.05) is 11.9 Å². The van der Waals surface area contributed by atoms with Crippen molar-refractivity contribution in [2.24, 2.45) is 5.73 Å². The Morgan fingerprint density at radius 2 is 1.83 bits per heavy atom. The highest BCUT2D eigenvalue weighted by molar-refractivity contribution is 5.95. The minimum Gasteiger partial charge on any atom is -0.394 e. The number of anilines is 1. The molecule has 0 fully saturated rings. The average Bonchev–Trinajstić information content (AvgIpc) is 2.55. The molecule has 1 unspecified atom stereocenters. The summed E-state index contributed by atoms with van der Waals surface area (Å²) >= 11 is 0. The quantitative estimate of drug-likeness (QED) is 0.649. The molecule has 0 saturated heterocycles. The number of primary amides is 1. The minimum absolute atomic E-state index is 0.177. The summed E-state index contributed by atoms with van der Waals surface area (Å²) in [5.41, 5.74) is 6.98. The molecule has 23 heavy (non-hydrogen) atoms. The van der Waals surface area contributed by atoms with Gasteiger partial charge in [0.05, 0.1) is 12.6 Å². The normalized spacial score (nSPS) is 11.5. The van der Waals surface area contributed by atoms with Crippen LogP contribution in [0.1, 0.15) is 15.9 Å². The Balaban J connectivity index is 1.95. The number of hydrogen-bond donors (Lipinski definition) is 4. The first-order valence-corrected chi connectivity index (χ1v) is 7.20. The largest absolute Gasteiger partial charge is 0.394 e. The van der Waals surface area contributed by atoms with Crippen LogP contribution in [-0.4, -0.2) is 29.7 Å². The Hall–Kier alpha value is -2.86. The summed E-state index contributed by atoms with van der Waals surface area (Å²) in [6, 6.07) is 15.0. The van der Waals surface area contributed by atoms with E-state index in [4.69, 9.17) is 5.73 Å². The van der Waals surface area contributed by atoms with E-state index >= 15 is 0 Å². The molecule has 0 radical (unpaired) electrons. The second-order valence-electron chi connectivity index (χ2n) is 5.11. The Morgan fingerprint density at radius 3 is 2.48 bits per heavy atom. The number of rotatable bonds is 6. The third kappa shape index (κ3) is 5.12. The smallest absolute Gasteiger partial charge is 0.319 e. The first-order valence-electron chi connectivity index (χ1n) is 7.20. The topological polar surface area (TPSA) is 104 Å². The first-order chi connectivity index (χ1) is 11.1. The van der Waals surface area contributed by atoms with Gasteiger partial charge < -0.3 is 21.5 Å². The SMILES string of the molecule is NC(=O)c1cccc(NC(=O)NC(CO)Cc2ccccc2)c1. The summed E-state index contributed by atoms with van der Waals surface area (Å²) in [4.78, 5) is 23.1. The van der Waals surface area contributed by atoms with E-state index in [1.54, 1.807) is 18.2 Å². The minimum atomic E-state index is -0.564. The maximum Gasteiger partial charge on any atom is 0.319 e. The summed E-state index contributed by atoms with van der Waals surface area (Å²) in [7, 11) is 0. The predicted molar refractivity (Wildman–Crippen MR) is 88.1 cm³/mol. The van der Waals surface area contributed by atoms with Crippen LogP contribution in [0.2, 0.25) is 0 Å². The molecule has 0 aromatic heterocycles. The molecule has 5 N–H and O–H groups in total. The zero-order valence-electron chi connectivity index (χ0n) is 12.5. The van der Waals surface area contributed by atoms with E-state index in [9.17, 15) is 14.7 Å². The van der Waals surface area contributed by atoms with Crippen LogP contribution in [0.15, 0.2) is 54.6 Å². The van der Waals surface area contributed by atoms with Crippen molar-refractivity contribution in [3.8, 4) is 0 Å². The molecule has 6 nitrogen and oxygen atoms in total. The maximum atomic E-state index is 12.0. The molecular weight excluding hydrogens is 294 g/mol. The lowest BCUT2D eigenvalue weighted by atomic mass is 10.1. The second kappa shape index (κ2) is 7.95. The van der Waals surface area contributed by atoms with Crippen LogP contribution in [0.25, 0.3) is 0 Å². The molecule has 6 heteroatoms. The van der Waals surface area contributed by atoms with Crippen LogP contribution in [0.3, 0.4) is 0 Å². The highest BCUT2D eigenvalue weighted by Gasteiger charge is 2.12. The molecule has 0 bridgehead atoms. The molecule has 0 heterocycles. The first kappa shape index (κ1) is 16.5. The molecule has 0 aliphatic carbocycles. The van der Waals surface area contributed by atoms with Crippen molar-refractivity contribution in [2.45, 2.75) is 12.5 Å². The van der Waals surface area contributed by atoms with Gasteiger partial charge in [-0.05, 0) is 30.2 Å². The number of hydrogen-bond acceptors (Lipinski definition) is 3. The number of benzene rings is 2. The molecular formula is C17H19N3O3. The summed E-state index contributed by atoms with van der Waals surface area (Å²) < 4.78 is 0. The zero-order chi connectivity index (χ0) is 16.7. The fourth-order valence-electron chi connectivity index (χ4n) is 2.16. The van der Waals surface area contributed by atoms with Gasteiger partial charge in [-0.1, -0.05) is 36.4 Å². The van der Waals surface area contributed by atoms with E-state index < -0.39 is 18.0 Å². The lowest BCUT2D eigenvalue weighted by molar-refractivity contribution is 0.1000. The van der Waals surface area contributed by atoms with Crippen molar-refractivity contribution in [3.63, 3.8) is 0 Å². The third-order valence-corrected chi connectivity index (χ3v) is 3.29. The summed E-state index contributed by atoms with van der Waals surface area (Å²) in [5.74, 6) is -0.564. The van der Waals surface area contributed by atoms with E-state index in [0.29, 0.717) is 17.7 Å². The molecule has 0 spiro atoms. The molecule has 0 aliphatic rings. The van der Waals surface area contributed by atoms with Crippen molar-refractivity contribution in [1.29, 1.82) is 0 Å². The number of carbonyl (C=O) groups is 2. The van der Waals surface area contributed by atoms with Crippen LogP contribution in [0.5, 0.6) is 0 Å². The molecule has 0 aliphatic heterocycles. The van der Waals surface area contributed by atoms with Gasteiger partial charge in [0, 0.05) is 11.3 Å². The van der Waals surface area contributed by atoms with Crippen molar-refractivity contribution in [3.05, 3.63) is 65.7 Å². The average molecular weight is 313 g/mol. The van der Waals surface area contributed by atoms with Gasteiger partial charge in [0.2, 0.25) is 5.91 Å². The highest BCUT2D eigenvalue weighted by atomic mass is 16.3. The van der Waals surface area contributed by atoms with E-state index in [1.165, 1.54) is 6.07 Å². The third-order valence-electron chi connectivity index (χ3n) is 3.29. The van der Waals surface area contributed by atoms with Gasteiger partial charge in [0.15, 0.2) is 0 Å². The van der Waals surface area contributed by atoms with Crippen molar-refractivity contribution < 1.29 is 14.7 Å². The van der Waals surface area contributed by atoms with Gasteiger partial charge >= 0.3 is 6.03 Å². The second-order valence-corrected chi connectivity index (χ2v) is 5.11. The molecule has 2 aromatic rings. The number of amides is 3. The van der Waals surface area contributed by atoms with Crippen LogP contribution < -0.4 is 16.4 Å². The summed E-state index contributed by atoms with van der Waals surface area (Å²) in [6.07, 6.45) is 0.520. The number of aliphatic hydroxyl groups is 1. The van der Waals surface area contributed by atoms with Gasteiger partial charge in [0.1, 0.15) is 0 Å². The molecule has 2 aromatic carbocycles. The maximum absolute atomic E-state index is 12.0. The van der Waals surface area contributed by atoms with Crippen molar-refractivity contribution >= 4 is 17.6 Å². The van der Waals surface area contributed by atoms with Crippen molar-refractivity contribution in [1.82, 2.24) is 5.32 Å². The standard InChI is InChI=1S/C17H19N3O3/c18-16(22)13-7-4-8-14(10-13)19-17(23)20-15(11-21)9-12-5-2-1-3-6-12/h1-8,10,15,21H,9,11H2,(H2,18,22)(H2,19,20,23). The van der Waals surface area contributed by atoms with Gasteiger partial charge in [-0.25, -0.2) is 4.79 Å². The molecule has 1 atom stereocenters. The fourth-order valence-corrected chi connectivity index (χ4v) is 2.16. The van der Waals surface area contributed by atoms with E-state index in [-0.39, 0.29) is 6.61 Å². The number of carbonyl (C=O) groups excluding carboxylic acids is 2. The zero-order valence-corrected chi connectivity index (χ0v) is 12.5. The van der Waals surface area contributed by atoms with E-state index in [2.05, 4.69) is 10.6 Å². The molecule has 120 valence electrons. The predicted octanol–water partition coefficient (Wildman–Crippen LogP) is 1.51. The lowest BCUT2D eigenvalue weighted by Crippen LogP contribution is -2.41. The molecule has 3 amide bonds. The van der Waals surface area contributed by atoms with Gasteiger partial charge in [-0.2, -0.15) is 0 Å². The van der Waals surface area contributed by atoms with Crippen LogP contribution >= 0.6 is 0 Å². The number of urea groups is 1. The Bertz CT molecular complexity index is 674. The number of aliphatic hydroxyl groups excluding tert-OH is 1. The monoisotopic (exact) mass is 313 g/mol. The Kier molecular flexibility index (Phi) is 5.71. The van der Waals surface area contributed by atoms with E-state index in [1.807, 2.05) is 30.3 Å². The van der Waals surface area contributed by atoms with Gasteiger partial charge in [0.25, 0.3) is 0 Å². The van der Waals surface area contributed by atoms with Crippen LogP contribution in [0.4, 0.5) is 10.5 Å². The van der Waals surface area contributed by atoms with Gasteiger partial charge in [-0.3, -0.25) is 4.79 Å². The van der Waals surface area contributed by atoms with E-state index in [0.717, 1.165) is 5.56 Å². The van der Waals surface area contributed by atoms with Crippen LogP contribution in [-0.2, 0) is 6.42 Å². The molecule has 0 saturated carbocycles.